The molecule has 6 heteroatoms. The molecule has 0 saturated heterocycles. The first-order valence-electron chi connectivity index (χ1n) is 2.75. The molecule has 0 radical (unpaired) electrons. The zero-order valence-corrected chi connectivity index (χ0v) is 6.58. The average molecular weight is 174 g/mol. The highest BCUT2D eigenvalue weighted by Gasteiger charge is 2.09. The van der Waals surface area contributed by atoms with Crippen molar-refractivity contribution in [3.8, 4) is 0 Å². The van der Waals surface area contributed by atoms with Crippen LogP contribution in [-0.2, 0) is 10.0 Å². The standard InChI is InChI=1S/C5H6N2O3S/c1-11(9,10)7-3-2-6-5(7)4-8/h2-4H,1H3. The van der Waals surface area contributed by atoms with E-state index in [1.165, 1.54) is 12.4 Å². The van der Waals surface area contributed by atoms with Crippen molar-refractivity contribution in [2.45, 2.75) is 0 Å². The third-order valence-electron chi connectivity index (χ3n) is 1.10. The van der Waals surface area contributed by atoms with E-state index in [1.807, 2.05) is 0 Å². The number of hydrogen-bond donors (Lipinski definition) is 0. The second kappa shape index (κ2) is 2.46. The molecule has 0 aliphatic carbocycles. The van der Waals surface area contributed by atoms with E-state index in [-0.39, 0.29) is 5.82 Å². The molecule has 1 heterocycles. The van der Waals surface area contributed by atoms with Crippen molar-refractivity contribution >= 4 is 16.3 Å². The molecule has 0 aliphatic heterocycles. The van der Waals surface area contributed by atoms with Crippen LogP contribution in [0, 0.1) is 0 Å². The highest BCUT2D eigenvalue weighted by atomic mass is 32.2. The molecule has 0 spiro atoms. The van der Waals surface area contributed by atoms with Crippen molar-refractivity contribution in [2.75, 3.05) is 6.26 Å². The largest absolute Gasteiger partial charge is 0.294 e. The average Bonchev–Trinajstić information content (AvgIpc) is 2.31. The van der Waals surface area contributed by atoms with Gasteiger partial charge in [-0.15, -0.1) is 0 Å². The van der Waals surface area contributed by atoms with Crippen LogP contribution in [0.4, 0.5) is 0 Å². The van der Waals surface area contributed by atoms with Crippen LogP contribution in [0.3, 0.4) is 0 Å². The number of aromatic nitrogens is 2. The Balaban J connectivity index is 3.35. The van der Waals surface area contributed by atoms with Gasteiger partial charge in [0.25, 0.3) is 0 Å². The quantitative estimate of drug-likeness (QED) is 0.567. The Labute approximate surface area is 63.7 Å². The van der Waals surface area contributed by atoms with E-state index in [4.69, 9.17) is 0 Å². The minimum atomic E-state index is -3.38. The minimum Gasteiger partial charge on any atom is -0.294 e. The van der Waals surface area contributed by atoms with Gasteiger partial charge in [0.1, 0.15) is 0 Å². The van der Waals surface area contributed by atoms with Crippen LogP contribution in [-0.4, -0.2) is 29.9 Å². The summed E-state index contributed by atoms with van der Waals surface area (Å²) >= 11 is 0. The van der Waals surface area contributed by atoms with Crippen molar-refractivity contribution in [2.24, 2.45) is 0 Å². The Morgan fingerprint density at radius 2 is 2.27 bits per heavy atom. The van der Waals surface area contributed by atoms with E-state index in [1.54, 1.807) is 0 Å². The van der Waals surface area contributed by atoms with Gasteiger partial charge in [-0.25, -0.2) is 17.4 Å². The maximum atomic E-state index is 10.8. The first-order chi connectivity index (χ1) is 5.05. The van der Waals surface area contributed by atoms with Gasteiger partial charge in [-0.2, -0.15) is 0 Å². The van der Waals surface area contributed by atoms with Crippen LogP contribution in [0.5, 0.6) is 0 Å². The van der Waals surface area contributed by atoms with Gasteiger partial charge < -0.3 is 0 Å². The zero-order valence-electron chi connectivity index (χ0n) is 5.76. The first-order valence-corrected chi connectivity index (χ1v) is 4.59. The van der Waals surface area contributed by atoms with Crippen LogP contribution in [0.2, 0.25) is 0 Å². The highest BCUT2D eigenvalue weighted by molar-refractivity contribution is 7.89. The van der Waals surface area contributed by atoms with Gasteiger partial charge in [-0.3, -0.25) is 4.79 Å². The lowest BCUT2D eigenvalue weighted by atomic mass is 10.7. The lowest BCUT2D eigenvalue weighted by molar-refractivity contribution is 0.111. The van der Waals surface area contributed by atoms with Crippen LogP contribution in [0.1, 0.15) is 10.6 Å². The number of aldehydes is 1. The molecular formula is C5H6N2O3S. The van der Waals surface area contributed by atoms with Crippen LogP contribution >= 0.6 is 0 Å². The van der Waals surface area contributed by atoms with Gasteiger partial charge in [0.15, 0.2) is 12.1 Å². The van der Waals surface area contributed by atoms with Gasteiger partial charge in [0.05, 0.1) is 6.26 Å². The fraction of sp³-hybridized carbons (Fsp3) is 0.200. The second-order valence-electron chi connectivity index (χ2n) is 1.96. The summed E-state index contributed by atoms with van der Waals surface area (Å²) in [5, 5.41) is 0. The molecule has 0 aromatic carbocycles. The zero-order chi connectivity index (χ0) is 8.48. The molecule has 0 aliphatic rings. The number of imidazole rings is 1. The Hall–Kier alpha value is -1.17. The lowest BCUT2D eigenvalue weighted by Crippen LogP contribution is -2.12. The van der Waals surface area contributed by atoms with Crippen LogP contribution < -0.4 is 0 Å². The maximum absolute atomic E-state index is 10.8. The highest BCUT2D eigenvalue weighted by Crippen LogP contribution is 1.97. The van der Waals surface area contributed by atoms with E-state index in [0.717, 1.165) is 10.2 Å². The van der Waals surface area contributed by atoms with Crippen molar-refractivity contribution in [3.63, 3.8) is 0 Å². The molecule has 0 fully saturated rings. The molecule has 0 bridgehead atoms. The van der Waals surface area contributed by atoms with E-state index in [0.29, 0.717) is 6.29 Å². The fourth-order valence-electron chi connectivity index (χ4n) is 0.666. The molecule has 0 unspecified atom stereocenters. The van der Waals surface area contributed by atoms with Gasteiger partial charge >= 0.3 is 0 Å². The molecule has 1 aromatic heterocycles. The van der Waals surface area contributed by atoms with Gasteiger partial charge in [0, 0.05) is 12.4 Å². The third kappa shape index (κ3) is 1.45. The fourth-order valence-corrected chi connectivity index (χ4v) is 1.37. The molecular weight excluding hydrogens is 168 g/mol. The number of hydrogen-bond acceptors (Lipinski definition) is 4. The van der Waals surface area contributed by atoms with Crippen LogP contribution in [0.25, 0.3) is 0 Å². The molecule has 11 heavy (non-hydrogen) atoms. The molecule has 0 N–H and O–H groups in total. The smallest absolute Gasteiger partial charge is 0.237 e. The Bertz CT molecular complexity index is 365. The Morgan fingerprint density at radius 1 is 1.64 bits per heavy atom. The summed E-state index contributed by atoms with van der Waals surface area (Å²) in [5.74, 6) is -0.104. The topological polar surface area (TPSA) is 69.0 Å². The summed E-state index contributed by atoms with van der Waals surface area (Å²) in [5.41, 5.74) is 0. The maximum Gasteiger partial charge on any atom is 0.237 e. The SMILES string of the molecule is CS(=O)(=O)n1ccnc1C=O. The number of carbonyl (C=O) groups excluding carboxylic acids is 1. The molecule has 0 atom stereocenters. The monoisotopic (exact) mass is 174 g/mol. The summed E-state index contributed by atoms with van der Waals surface area (Å²) in [6, 6.07) is 0. The van der Waals surface area contributed by atoms with Crippen molar-refractivity contribution in [1.29, 1.82) is 0 Å². The van der Waals surface area contributed by atoms with Gasteiger partial charge in [-0.05, 0) is 0 Å². The van der Waals surface area contributed by atoms with Crippen molar-refractivity contribution < 1.29 is 13.2 Å². The summed E-state index contributed by atoms with van der Waals surface area (Å²) < 4.78 is 22.5. The first kappa shape index (κ1) is 7.93. The number of carbonyl (C=O) groups is 1. The van der Waals surface area contributed by atoms with E-state index in [9.17, 15) is 13.2 Å². The van der Waals surface area contributed by atoms with E-state index >= 15 is 0 Å². The normalized spacial score (nSPS) is 11.4. The molecule has 1 rings (SSSR count). The molecule has 60 valence electrons. The summed E-state index contributed by atoms with van der Waals surface area (Å²) in [4.78, 5) is 13.7. The molecule has 5 nitrogen and oxygen atoms in total. The predicted octanol–water partition coefficient (Wildman–Crippen LogP) is -0.497. The van der Waals surface area contributed by atoms with Crippen molar-refractivity contribution in [1.82, 2.24) is 8.96 Å². The summed E-state index contributed by atoms with van der Waals surface area (Å²) in [6.45, 7) is 0. The molecule has 0 amide bonds. The van der Waals surface area contributed by atoms with E-state index < -0.39 is 10.0 Å². The number of nitrogens with zero attached hydrogens (tertiary/aromatic N) is 2. The third-order valence-corrected chi connectivity index (χ3v) is 2.12. The summed E-state index contributed by atoms with van der Waals surface area (Å²) in [7, 11) is -3.38. The summed E-state index contributed by atoms with van der Waals surface area (Å²) in [6.07, 6.45) is 3.87. The van der Waals surface area contributed by atoms with Gasteiger partial charge in [0.2, 0.25) is 10.0 Å². The Kier molecular flexibility index (Phi) is 1.77. The van der Waals surface area contributed by atoms with E-state index in [2.05, 4.69) is 4.98 Å². The molecule has 1 aromatic rings. The second-order valence-corrected chi connectivity index (χ2v) is 3.82. The lowest BCUT2D eigenvalue weighted by Gasteiger charge is -1.97. The van der Waals surface area contributed by atoms with Gasteiger partial charge in [-0.1, -0.05) is 0 Å². The predicted molar refractivity (Wildman–Crippen MR) is 37.9 cm³/mol. The van der Waals surface area contributed by atoms with Crippen molar-refractivity contribution in [3.05, 3.63) is 18.2 Å². The molecule has 0 saturated carbocycles. The minimum absolute atomic E-state index is 0.104. The van der Waals surface area contributed by atoms with Crippen LogP contribution in [0.15, 0.2) is 12.4 Å². The Morgan fingerprint density at radius 3 is 2.64 bits per heavy atom. The number of rotatable bonds is 2.